The number of ether oxygens (including phenoxy) is 4. The highest BCUT2D eigenvalue weighted by Gasteiger charge is 2.58. The van der Waals surface area contributed by atoms with Crippen LogP contribution in [0.1, 0.15) is 85.6 Å². The van der Waals surface area contributed by atoms with Gasteiger partial charge in [-0.25, -0.2) is 4.98 Å². The molecule has 4 aliphatic carbocycles. The van der Waals surface area contributed by atoms with Gasteiger partial charge in [-0.1, -0.05) is 45.9 Å². The first kappa shape index (κ1) is 47.2. The van der Waals surface area contributed by atoms with Crippen molar-refractivity contribution < 1.29 is 58.5 Å². The molecule has 8 aliphatic rings. The Morgan fingerprint density at radius 1 is 0.879 bits per heavy atom. The zero-order chi connectivity index (χ0) is 47.9. The number of benzene rings is 1. The summed E-state index contributed by atoms with van der Waals surface area (Å²) in [7, 11) is 3.19. The van der Waals surface area contributed by atoms with Crippen LogP contribution in [0.2, 0.25) is 0 Å². The van der Waals surface area contributed by atoms with E-state index in [0.29, 0.717) is 18.8 Å². The molecule has 356 valence electrons. The van der Waals surface area contributed by atoms with Gasteiger partial charge in [-0.2, -0.15) is 0 Å². The van der Waals surface area contributed by atoms with Gasteiger partial charge in [0.2, 0.25) is 5.43 Å². The van der Waals surface area contributed by atoms with E-state index in [9.17, 15) is 39.9 Å². The maximum atomic E-state index is 14.5. The molecule has 0 aromatic rings. The molecule has 8 rings (SSSR count). The largest absolute Gasteiger partial charge is 0.509 e. The summed E-state index contributed by atoms with van der Waals surface area (Å²) in [5.41, 5.74) is -0.121. The number of allylic oxidation sites excluding steroid dienone is 5. The highest BCUT2D eigenvalue weighted by atomic mass is 16.7. The van der Waals surface area contributed by atoms with E-state index in [-0.39, 0.29) is 68.5 Å². The number of hydrogen-bond donors (Lipinski definition) is 6. The number of fused-ring (bicyclic) bond motifs is 4. The summed E-state index contributed by atoms with van der Waals surface area (Å²) in [6.45, 7) is 14.8. The van der Waals surface area contributed by atoms with Gasteiger partial charge < -0.3 is 59.1 Å². The Labute approximate surface area is 384 Å². The molecule has 0 spiro atoms. The normalized spacial score (nSPS) is 39.3. The fourth-order valence-corrected chi connectivity index (χ4v) is 11.1. The van der Waals surface area contributed by atoms with Gasteiger partial charge in [0, 0.05) is 98.7 Å². The van der Waals surface area contributed by atoms with Crippen molar-refractivity contribution in [1.82, 2.24) is 10.3 Å². The molecule has 16 nitrogen and oxygen atoms in total. The Bertz CT molecular complexity index is 2500. The van der Waals surface area contributed by atoms with Crippen LogP contribution in [0.3, 0.4) is 0 Å². The van der Waals surface area contributed by atoms with Crippen LogP contribution in [0.15, 0.2) is 85.9 Å². The molecular formula is C50H63N3O13. The Kier molecular flexibility index (Phi) is 12.5. The monoisotopic (exact) mass is 913 g/mol. The first-order chi connectivity index (χ1) is 31.2. The number of amides is 1. The van der Waals surface area contributed by atoms with E-state index in [1.54, 1.807) is 59.9 Å². The first-order valence-corrected chi connectivity index (χ1v) is 22.9. The molecule has 16 heteroatoms. The number of nitrogens with zero attached hydrogens (tertiary/aromatic N) is 2. The van der Waals surface area contributed by atoms with E-state index in [0.717, 1.165) is 12.8 Å². The molecule has 6 N–H and O–H groups in total. The van der Waals surface area contributed by atoms with Crippen molar-refractivity contribution in [2.75, 3.05) is 32.2 Å². The van der Waals surface area contributed by atoms with Crippen molar-refractivity contribution in [2.45, 2.75) is 110 Å². The number of hydrogen-bond acceptors (Lipinski definition) is 15. The van der Waals surface area contributed by atoms with E-state index < -0.39 is 94.3 Å². The van der Waals surface area contributed by atoms with Gasteiger partial charge in [0.25, 0.3) is 5.91 Å². The molecule has 0 aromatic heterocycles. The summed E-state index contributed by atoms with van der Waals surface area (Å²) in [4.78, 5) is 49.7. The van der Waals surface area contributed by atoms with Crippen molar-refractivity contribution in [3.8, 4) is 11.5 Å². The molecular weight excluding hydrogens is 851 g/mol. The summed E-state index contributed by atoms with van der Waals surface area (Å²) in [6, 6.07) is 3.23. The second-order valence-electron chi connectivity index (χ2n) is 19.6. The Hall–Kier alpha value is -5.26. The molecule has 1 saturated heterocycles. The molecule has 1 amide bonds. The van der Waals surface area contributed by atoms with Crippen molar-refractivity contribution in [3.05, 3.63) is 98.4 Å². The van der Waals surface area contributed by atoms with E-state index in [1.807, 2.05) is 0 Å². The van der Waals surface area contributed by atoms with Crippen molar-refractivity contribution in [2.24, 2.45) is 41.4 Å². The van der Waals surface area contributed by atoms with Gasteiger partial charge in [-0.15, -0.1) is 0 Å². The van der Waals surface area contributed by atoms with Gasteiger partial charge in [0.1, 0.15) is 17.2 Å². The van der Waals surface area contributed by atoms with Crippen LogP contribution in [0, 0.1) is 41.4 Å². The standard InChI is InChI=1S/C50H63N3O13/c1-22-12-11-13-23(2)48(61)52-39-44(59)35-34(38-46(39)65-33-19-30(18-31(54)37(33)51-38)53-20-28-14-15-29(21-53)49(28,7)63-10)36-45(27(6)43(35)58)66-50(8,47(36)60)64-17-16-32(62-9)24(3)41(56)26(5)42(57)25(4)40(22)55/h11-13,16-19,22,24-26,28-29,32,34-35,40-42,55-57,59-60H,14-15,20-21H2,1-10H3,(H,52,61)/b12-11+,17-16+,23-13-/t22-,24+,25+,26-,28?,29?,32-,34?,35?,40-,41+,42+,49?,50-/m0/s1. The van der Waals surface area contributed by atoms with Gasteiger partial charge in [0.05, 0.1) is 59.4 Å². The van der Waals surface area contributed by atoms with Crippen LogP contribution in [0.25, 0.3) is 17.2 Å². The maximum Gasteiger partial charge on any atom is 0.306 e. The lowest BCUT2D eigenvalue weighted by molar-refractivity contribution is -0.146. The van der Waals surface area contributed by atoms with Gasteiger partial charge in [-0.3, -0.25) is 14.4 Å². The molecule has 4 unspecified atom stereocenters. The van der Waals surface area contributed by atoms with Gasteiger partial charge in [0.15, 0.2) is 28.8 Å². The number of aliphatic hydroxyl groups excluding tert-OH is 5. The zero-order valence-electron chi connectivity index (χ0n) is 39.2. The number of nitrogens with one attached hydrogen (secondary N) is 1. The van der Waals surface area contributed by atoms with E-state index in [2.05, 4.69) is 17.1 Å². The number of carbonyl (C=O) groups excluding carboxylic acids is 2. The van der Waals surface area contributed by atoms with E-state index >= 15 is 0 Å². The highest BCUT2D eigenvalue weighted by Crippen LogP contribution is 2.57. The lowest BCUT2D eigenvalue weighted by Crippen LogP contribution is -2.53. The second kappa shape index (κ2) is 17.4. The number of methoxy groups -OCH3 is 2. The minimum absolute atomic E-state index is 0.00731. The van der Waals surface area contributed by atoms with Crippen molar-refractivity contribution >= 4 is 23.1 Å². The molecule has 2 fully saturated rings. The zero-order valence-corrected chi connectivity index (χ0v) is 39.2. The molecule has 4 aliphatic heterocycles. The average Bonchev–Trinajstić information content (AvgIpc) is 3.61. The third kappa shape index (κ3) is 7.58. The third-order valence-electron chi connectivity index (χ3n) is 15.8. The number of aliphatic hydroxyl groups is 5. The summed E-state index contributed by atoms with van der Waals surface area (Å²) >= 11 is 0. The molecule has 4 heterocycles. The quantitative estimate of drug-likeness (QED) is 0.222. The number of carbonyl (C=O) groups is 2. The van der Waals surface area contributed by atoms with E-state index in [4.69, 9.17) is 28.3 Å². The van der Waals surface area contributed by atoms with Gasteiger partial charge >= 0.3 is 5.79 Å². The summed E-state index contributed by atoms with van der Waals surface area (Å²) in [6.07, 6.45) is 5.55. The van der Waals surface area contributed by atoms with E-state index in [1.165, 1.54) is 45.4 Å². The van der Waals surface area contributed by atoms with Gasteiger partial charge in [-0.05, 0) is 39.7 Å². The van der Waals surface area contributed by atoms with Crippen LogP contribution in [0.4, 0.5) is 5.69 Å². The van der Waals surface area contributed by atoms with Crippen LogP contribution >= 0.6 is 0 Å². The lowest BCUT2D eigenvalue weighted by Gasteiger charge is -2.45. The van der Waals surface area contributed by atoms with Crippen LogP contribution in [-0.4, -0.2) is 105 Å². The summed E-state index contributed by atoms with van der Waals surface area (Å²) in [5, 5.41) is 61.3. The number of Topliss-reactive ketones (excluding diaryl/α,β-unsaturated/α-hetero) is 1. The number of ketones is 1. The Morgan fingerprint density at radius 3 is 2.18 bits per heavy atom. The fourth-order valence-electron chi connectivity index (χ4n) is 11.1. The minimum Gasteiger partial charge on any atom is -0.509 e. The smallest absolute Gasteiger partial charge is 0.306 e. The number of anilines is 1. The minimum atomic E-state index is -1.93. The average molecular weight is 914 g/mol. The number of aromatic nitrogens is 1. The molecule has 0 aromatic carbocycles. The SMILES string of the molecule is CO[C@H]1/C=C/O[C@@]2(C)OC3=C(C)C(=O)C4C(O)=C(NC(=O)/C(C)=C\C=C\[C@H](C)[C@H](O)[C@@H](C)[C@@H](O)[C@@H](C)[C@H](O)[C@@H]1C)c1oc5cc(N6CC7CCC(C6)C7(C)OC)cc(=O)c-5nc1C4C3=C2O. The summed E-state index contributed by atoms with van der Waals surface area (Å²) < 4.78 is 30.7. The van der Waals surface area contributed by atoms with Crippen LogP contribution in [0.5, 0.6) is 0 Å². The molecule has 66 heavy (non-hydrogen) atoms. The Balaban J connectivity index is 1.28. The summed E-state index contributed by atoms with van der Waals surface area (Å²) in [5.74, 6) is -8.97. The molecule has 13 atom stereocenters. The fraction of sp³-hybridized carbons (Fsp3) is 0.560. The first-order valence-electron chi connectivity index (χ1n) is 22.9. The van der Waals surface area contributed by atoms with Crippen molar-refractivity contribution in [1.29, 1.82) is 0 Å². The number of rotatable bonds is 3. The lowest BCUT2D eigenvalue weighted by atomic mass is 9.69. The highest BCUT2D eigenvalue weighted by molar-refractivity contribution is 6.05. The topological polar surface area (TPSA) is 231 Å². The third-order valence-corrected chi connectivity index (χ3v) is 15.8. The second-order valence-corrected chi connectivity index (χ2v) is 19.6. The predicted octanol–water partition coefficient (Wildman–Crippen LogP) is 5.55. The van der Waals surface area contributed by atoms with Crippen LogP contribution in [-0.2, 0) is 28.5 Å². The van der Waals surface area contributed by atoms with Crippen LogP contribution < -0.4 is 15.6 Å². The molecule has 1 saturated carbocycles. The number of piperidine rings is 1. The molecule has 6 bridgehead atoms. The maximum absolute atomic E-state index is 14.5. The predicted molar refractivity (Wildman–Crippen MR) is 243 cm³/mol. The Morgan fingerprint density at radius 2 is 1.53 bits per heavy atom. The van der Waals surface area contributed by atoms with Crippen molar-refractivity contribution in [3.63, 3.8) is 0 Å². The molecule has 0 radical (unpaired) electrons.